The topological polar surface area (TPSA) is 55.4 Å². The number of hydrogen-bond donors (Lipinski definition) is 1. The van der Waals surface area contributed by atoms with E-state index in [1.807, 2.05) is 26.0 Å². The summed E-state index contributed by atoms with van der Waals surface area (Å²) in [5.74, 6) is 0.541. The molecule has 6 heteroatoms. The quantitative estimate of drug-likeness (QED) is 0.823. The number of nitrogens with one attached hydrogen (secondary N) is 1. The first-order valence-corrected chi connectivity index (χ1v) is 9.22. The zero-order valence-electron chi connectivity index (χ0n) is 14.0. The van der Waals surface area contributed by atoms with Crippen LogP contribution in [0.15, 0.2) is 53.4 Å². The Morgan fingerprint density at radius 2 is 1.62 bits per heavy atom. The Labute approximate surface area is 142 Å². The van der Waals surface area contributed by atoms with Crippen LogP contribution in [0.1, 0.15) is 31.9 Å². The van der Waals surface area contributed by atoms with Crippen molar-refractivity contribution >= 4 is 10.0 Å². The van der Waals surface area contributed by atoms with Crippen LogP contribution in [-0.4, -0.2) is 15.5 Å². The predicted octanol–water partition coefficient (Wildman–Crippen LogP) is 3.90. The normalized spacial score (nSPS) is 13.0. The van der Waals surface area contributed by atoms with E-state index in [-0.39, 0.29) is 10.9 Å². The minimum atomic E-state index is -3.73. The molecule has 0 fully saturated rings. The third-order valence-electron chi connectivity index (χ3n) is 3.65. The molecule has 0 amide bonds. The van der Waals surface area contributed by atoms with E-state index in [0.717, 1.165) is 17.7 Å². The number of methoxy groups -OCH3 is 1. The van der Waals surface area contributed by atoms with Crippen LogP contribution in [-0.2, 0) is 10.0 Å². The van der Waals surface area contributed by atoms with Crippen molar-refractivity contribution in [1.29, 1.82) is 0 Å². The van der Waals surface area contributed by atoms with E-state index < -0.39 is 15.8 Å². The van der Waals surface area contributed by atoms with Gasteiger partial charge in [-0.05, 0) is 54.3 Å². The van der Waals surface area contributed by atoms with E-state index >= 15 is 0 Å². The highest BCUT2D eigenvalue weighted by atomic mass is 32.2. The largest absolute Gasteiger partial charge is 0.497 e. The van der Waals surface area contributed by atoms with Crippen LogP contribution >= 0.6 is 0 Å². The van der Waals surface area contributed by atoms with E-state index in [1.54, 1.807) is 19.2 Å². The second-order valence-electron chi connectivity index (χ2n) is 6.03. The third-order valence-corrected chi connectivity index (χ3v) is 5.13. The van der Waals surface area contributed by atoms with Gasteiger partial charge < -0.3 is 4.74 Å². The molecule has 4 nitrogen and oxygen atoms in total. The molecular weight excluding hydrogens is 329 g/mol. The third kappa shape index (κ3) is 4.79. The van der Waals surface area contributed by atoms with Gasteiger partial charge in [0, 0.05) is 6.04 Å². The maximum absolute atomic E-state index is 13.0. The van der Waals surface area contributed by atoms with Crippen LogP contribution in [0.5, 0.6) is 5.75 Å². The molecule has 1 atom stereocenters. The van der Waals surface area contributed by atoms with Crippen LogP contribution in [0.2, 0.25) is 0 Å². The number of ether oxygens (including phenoxy) is 1. The summed E-state index contributed by atoms with van der Waals surface area (Å²) in [6.45, 7) is 4.06. The fraction of sp³-hybridized carbons (Fsp3) is 0.333. The van der Waals surface area contributed by atoms with Crippen LogP contribution in [0.25, 0.3) is 0 Å². The molecule has 0 aliphatic carbocycles. The lowest BCUT2D eigenvalue weighted by Gasteiger charge is -2.21. The molecule has 0 bridgehead atoms. The lowest BCUT2D eigenvalue weighted by atomic mass is 9.98. The molecule has 0 saturated carbocycles. The highest BCUT2D eigenvalue weighted by molar-refractivity contribution is 7.89. The smallest absolute Gasteiger partial charge is 0.241 e. The molecular formula is C18H22FNO3S. The summed E-state index contributed by atoms with van der Waals surface area (Å²) in [7, 11) is -2.15. The molecule has 1 N–H and O–H groups in total. The van der Waals surface area contributed by atoms with E-state index in [9.17, 15) is 12.8 Å². The van der Waals surface area contributed by atoms with Crippen LogP contribution < -0.4 is 9.46 Å². The second kappa shape index (κ2) is 7.77. The second-order valence-corrected chi connectivity index (χ2v) is 7.74. The fourth-order valence-electron chi connectivity index (χ4n) is 2.43. The lowest BCUT2D eigenvalue weighted by molar-refractivity contribution is 0.414. The first-order valence-electron chi connectivity index (χ1n) is 7.73. The molecule has 24 heavy (non-hydrogen) atoms. The van der Waals surface area contributed by atoms with Crippen molar-refractivity contribution in [3.63, 3.8) is 0 Å². The van der Waals surface area contributed by atoms with E-state index in [1.165, 1.54) is 12.1 Å². The van der Waals surface area contributed by atoms with Crippen molar-refractivity contribution in [3.05, 3.63) is 59.9 Å². The monoisotopic (exact) mass is 351 g/mol. The van der Waals surface area contributed by atoms with Gasteiger partial charge in [0.2, 0.25) is 10.0 Å². The Bertz CT molecular complexity index is 756. The molecule has 0 aliphatic heterocycles. The number of benzene rings is 2. The van der Waals surface area contributed by atoms with Crippen molar-refractivity contribution in [2.24, 2.45) is 5.92 Å². The number of hydrogen-bond acceptors (Lipinski definition) is 3. The molecule has 0 radical (unpaired) electrons. The molecule has 2 rings (SSSR count). The van der Waals surface area contributed by atoms with Crippen LogP contribution in [0, 0.1) is 11.7 Å². The molecule has 2 aromatic rings. The van der Waals surface area contributed by atoms with Crippen molar-refractivity contribution in [2.45, 2.75) is 31.2 Å². The number of rotatable bonds is 7. The Morgan fingerprint density at radius 1 is 1.04 bits per heavy atom. The van der Waals surface area contributed by atoms with E-state index in [4.69, 9.17) is 4.74 Å². The predicted molar refractivity (Wildman–Crippen MR) is 91.9 cm³/mol. The number of halogens is 1. The first kappa shape index (κ1) is 18.4. The van der Waals surface area contributed by atoms with Gasteiger partial charge in [-0.3, -0.25) is 0 Å². The van der Waals surface area contributed by atoms with E-state index in [2.05, 4.69) is 4.72 Å². The zero-order valence-corrected chi connectivity index (χ0v) is 14.8. The van der Waals surface area contributed by atoms with Crippen molar-refractivity contribution in [1.82, 2.24) is 4.72 Å². The lowest BCUT2D eigenvalue weighted by Crippen LogP contribution is -2.29. The van der Waals surface area contributed by atoms with Gasteiger partial charge in [0.1, 0.15) is 11.6 Å². The standard InChI is InChI=1S/C18H22FNO3S/c1-13(2)12-18(14-4-8-16(23-3)9-5-14)20-24(21,22)17-10-6-15(19)7-11-17/h4-11,13,18,20H,12H2,1-3H3/t18-/m0/s1. The van der Waals surface area contributed by atoms with Gasteiger partial charge in [-0.25, -0.2) is 17.5 Å². The van der Waals surface area contributed by atoms with Crippen molar-refractivity contribution in [2.75, 3.05) is 7.11 Å². The van der Waals surface area contributed by atoms with Gasteiger partial charge in [0.05, 0.1) is 12.0 Å². The van der Waals surface area contributed by atoms with Gasteiger partial charge in [-0.15, -0.1) is 0 Å². The molecule has 130 valence electrons. The number of sulfonamides is 1. The van der Waals surface area contributed by atoms with Gasteiger partial charge in [0.25, 0.3) is 0 Å². The highest BCUT2D eigenvalue weighted by Crippen LogP contribution is 2.25. The first-order chi connectivity index (χ1) is 11.3. The summed E-state index contributed by atoms with van der Waals surface area (Å²) in [4.78, 5) is 0.0474. The molecule has 0 unspecified atom stereocenters. The maximum Gasteiger partial charge on any atom is 0.241 e. The highest BCUT2D eigenvalue weighted by Gasteiger charge is 2.22. The average molecular weight is 351 g/mol. The molecule has 0 aliphatic rings. The fourth-order valence-corrected chi connectivity index (χ4v) is 3.67. The summed E-state index contributed by atoms with van der Waals surface area (Å²) in [5, 5.41) is 0. The zero-order chi connectivity index (χ0) is 17.7. The Kier molecular flexibility index (Phi) is 5.96. The average Bonchev–Trinajstić information content (AvgIpc) is 2.54. The Balaban J connectivity index is 2.28. The molecule has 2 aromatic carbocycles. The summed E-state index contributed by atoms with van der Waals surface area (Å²) in [6, 6.07) is 11.7. The maximum atomic E-state index is 13.0. The van der Waals surface area contributed by atoms with Crippen LogP contribution in [0.4, 0.5) is 4.39 Å². The molecule has 0 aromatic heterocycles. The van der Waals surface area contributed by atoms with Crippen molar-refractivity contribution < 1.29 is 17.5 Å². The van der Waals surface area contributed by atoms with Gasteiger partial charge in [0.15, 0.2) is 0 Å². The molecule has 0 spiro atoms. The van der Waals surface area contributed by atoms with Crippen LogP contribution in [0.3, 0.4) is 0 Å². The summed E-state index contributed by atoms with van der Waals surface area (Å²) >= 11 is 0. The van der Waals surface area contributed by atoms with Gasteiger partial charge >= 0.3 is 0 Å². The van der Waals surface area contributed by atoms with Gasteiger partial charge in [-0.2, -0.15) is 0 Å². The minimum absolute atomic E-state index is 0.0474. The Morgan fingerprint density at radius 3 is 2.12 bits per heavy atom. The summed E-state index contributed by atoms with van der Waals surface area (Å²) in [6.07, 6.45) is 0.646. The minimum Gasteiger partial charge on any atom is -0.497 e. The van der Waals surface area contributed by atoms with Crippen molar-refractivity contribution in [3.8, 4) is 5.75 Å². The Hall–Kier alpha value is -1.92. The molecule has 0 heterocycles. The molecule has 0 saturated heterocycles. The van der Waals surface area contributed by atoms with E-state index in [0.29, 0.717) is 18.1 Å². The summed E-state index contributed by atoms with van der Waals surface area (Å²) < 4.78 is 46.0. The van der Waals surface area contributed by atoms with Gasteiger partial charge in [-0.1, -0.05) is 26.0 Å². The summed E-state index contributed by atoms with van der Waals surface area (Å²) in [5.41, 5.74) is 0.857. The SMILES string of the molecule is COc1ccc([C@H](CC(C)C)NS(=O)(=O)c2ccc(F)cc2)cc1.